The summed E-state index contributed by atoms with van der Waals surface area (Å²) >= 11 is 15.4. The lowest BCUT2D eigenvalue weighted by atomic mass is 10.1. The monoisotopic (exact) mass is 634 g/mol. The average molecular weight is 636 g/mol. The number of nitrogens with one attached hydrogen (secondary N) is 2. The van der Waals surface area contributed by atoms with Crippen LogP contribution in [0.4, 0.5) is 18.9 Å². The van der Waals surface area contributed by atoms with Crippen LogP contribution >= 0.6 is 39.1 Å². The van der Waals surface area contributed by atoms with Gasteiger partial charge >= 0.3 is 6.18 Å². The lowest BCUT2D eigenvalue weighted by Gasteiger charge is -2.16. The van der Waals surface area contributed by atoms with Crippen molar-refractivity contribution in [3.8, 4) is 5.82 Å². The molecule has 38 heavy (non-hydrogen) atoms. The molecule has 1 atom stereocenters. The highest BCUT2D eigenvalue weighted by molar-refractivity contribution is 9.10. The molecule has 0 radical (unpaired) electrons. The van der Waals surface area contributed by atoms with Crippen LogP contribution in [0.2, 0.25) is 10.0 Å². The van der Waals surface area contributed by atoms with Crippen LogP contribution in [-0.4, -0.2) is 56.7 Å². The molecule has 0 spiro atoms. The van der Waals surface area contributed by atoms with Crippen LogP contribution in [-0.2, 0) is 15.8 Å². The molecule has 2 N–H and O–H groups in total. The predicted molar refractivity (Wildman–Crippen MR) is 133 cm³/mol. The van der Waals surface area contributed by atoms with E-state index in [1.807, 2.05) is 0 Å². The Morgan fingerprint density at radius 3 is 2.61 bits per heavy atom. The number of halogens is 6. The van der Waals surface area contributed by atoms with Crippen molar-refractivity contribution in [1.82, 2.24) is 25.1 Å². The number of carbonyl (C=O) groups excluding carboxylic acids is 3. The largest absolute Gasteiger partial charge is 0.435 e. The maximum absolute atomic E-state index is 13.5. The van der Waals surface area contributed by atoms with Gasteiger partial charge in [-0.1, -0.05) is 23.2 Å². The zero-order valence-corrected chi connectivity index (χ0v) is 22.2. The molecule has 16 heteroatoms. The number of rotatable bonds is 6. The van der Waals surface area contributed by atoms with Gasteiger partial charge in [-0.3, -0.25) is 19.2 Å². The van der Waals surface area contributed by atoms with E-state index in [0.717, 1.165) is 5.06 Å². The molecule has 1 saturated heterocycles. The Kier molecular flexibility index (Phi) is 7.97. The van der Waals surface area contributed by atoms with Gasteiger partial charge in [-0.05, 0) is 47.1 Å². The summed E-state index contributed by atoms with van der Waals surface area (Å²) in [7, 11) is 0. The van der Waals surface area contributed by atoms with Crippen molar-refractivity contribution in [3.05, 3.63) is 68.0 Å². The van der Waals surface area contributed by atoms with E-state index in [2.05, 4.69) is 36.6 Å². The van der Waals surface area contributed by atoms with Crippen LogP contribution in [0.25, 0.3) is 5.82 Å². The number of nitrogens with zero attached hydrogens (tertiary/aromatic N) is 4. The van der Waals surface area contributed by atoms with Crippen molar-refractivity contribution in [2.75, 3.05) is 18.5 Å². The van der Waals surface area contributed by atoms with Crippen molar-refractivity contribution < 1.29 is 32.4 Å². The second-order valence-corrected chi connectivity index (χ2v) is 9.45. The molecule has 1 aliphatic rings. The fourth-order valence-electron chi connectivity index (χ4n) is 3.49. The van der Waals surface area contributed by atoms with Crippen molar-refractivity contribution in [2.45, 2.75) is 19.1 Å². The molecule has 3 aromatic rings. The predicted octanol–water partition coefficient (Wildman–Crippen LogP) is 4.50. The molecule has 1 aromatic carbocycles. The van der Waals surface area contributed by atoms with Crippen LogP contribution < -0.4 is 10.6 Å². The normalized spacial score (nSPS) is 15.6. The number of anilines is 1. The quantitative estimate of drug-likeness (QED) is 0.412. The zero-order valence-electron chi connectivity index (χ0n) is 19.1. The Morgan fingerprint density at radius 2 is 1.97 bits per heavy atom. The summed E-state index contributed by atoms with van der Waals surface area (Å²) in [4.78, 5) is 47.8. The third-order valence-corrected chi connectivity index (χ3v) is 6.38. The van der Waals surface area contributed by atoms with E-state index in [-0.39, 0.29) is 44.7 Å². The van der Waals surface area contributed by atoms with Crippen LogP contribution in [0.15, 0.2) is 41.0 Å². The maximum Gasteiger partial charge on any atom is 0.435 e. The molecule has 200 valence electrons. The molecule has 0 saturated carbocycles. The first-order valence-corrected chi connectivity index (χ1v) is 12.3. The van der Waals surface area contributed by atoms with Crippen LogP contribution in [0.1, 0.15) is 33.5 Å². The summed E-state index contributed by atoms with van der Waals surface area (Å²) in [6, 6.07) is 4.94. The number of aromatic nitrogens is 3. The molecule has 3 amide bonds. The minimum atomic E-state index is -4.88. The summed E-state index contributed by atoms with van der Waals surface area (Å²) in [6.45, 7) is 1.85. The third-order valence-electron chi connectivity index (χ3n) is 5.24. The van der Waals surface area contributed by atoms with Crippen molar-refractivity contribution >= 4 is 62.5 Å². The standard InChI is InChI=1S/C22H16BrCl2F3N6O4/c1-2-33-21(37)14(9-38-33)30-19(35)11-6-10(24)7-12(23)17(11)31-20(36)15-8-16(22(26,27)28)32-34(15)18-13(25)4-3-5-29-18/h3-8,14H,2,9H2,1H3,(H,30,35)(H,31,36). The van der Waals surface area contributed by atoms with E-state index in [0.29, 0.717) is 10.7 Å². The van der Waals surface area contributed by atoms with Crippen molar-refractivity contribution in [3.63, 3.8) is 0 Å². The Bertz CT molecular complexity index is 1430. The lowest BCUT2D eigenvalue weighted by molar-refractivity contribution is -0.160. The highest BCUT2D eigenvalue weighted by Gasteiger charge is 2.37. The molecular formula is C22H16BrCl2F3N6O4. The number of hydrogen-bond donors (Lipinski definition) is 2. The van der Waals surface area contributed by atoms with Gasteiger partial charge in [0.25, 0.3) is 17.7 Å². The molecular weight excluding hydrogens is 620 g/mol. The number of benzene rings is 1. The third kappa shape index (κ3) is 5.62. The fourth-order valence-corrected chi connectivity index (χ4v) is 4.60. The maximum atomic E-state index is 13.5. The van der Waals surface area contributed by atoms with Crippen LogP contribution in [0, 0.1) is 0 Å². The number of pyridine rings is 1. The summed E-state index contributed by atoms with van der Waals surface area (Å²) in [5, 5.41) is 9.54. The summed E-state index contributed by atoms with van der Waals surface area (Å²) in [5.74, 6) is -2.54. The highest BCUT2D eigenvalue weighted by Crippen LogP contribution is 2.33. The molecule has 0 aliphatic carbocycles. The Hall–Kier alpha value is -3.20. The van der Waals surface area contributed by atoms with Gasteiger partial charge in [-0.25, -0.2) is 14.7 Å². The van der Waals surface area contributed by atoms with E-state index in [1.54, 1.807) is 6.92 Å². The first-order chi connectivity index (χ1) is 17.9. The van der Waals surface area contributed by atoms with Crippen molar-refractivity contribution in [2.24, 2.45) is 0 Å². The minimum Gasteiger partial charge on any atom is -0.338 e. The Balaban J connectivity index is 1.70. The lowest BCUT2D eigenvalue weighted by Crippen LogP contribution is -2.42. The number of amides is 3. The van der Waals surface area contributed by atoms with E-state index in [4.69, 9.17) is 28.0 Å². The number of likely N-dealkylation sites (N-methyl/N-ethyl adjacent to an activating group) is 1. The molecule has 0 bridgehead atoms. The van der Waals surface area contributed by atoms with Crippen molar-refractivity contribution in [1.29, 1.82) is 0 Å². The van der Waals surface area contributed by atoms with Gasteiger partial charge in [0.05, 0.1) is 16.3 Å². The van der Waals surface area contributed by atoms with Crippen LogP contribution in [0.3, 0.4) is 0 Å². The first kappa shape index (κ1) is 27.8. The van der Waals surface area contributed by atoms with Crippen LogP contribution in [0.5, 0.6) is 0 Å². The van der Waals surface area contributed by atoms with Gasteiger partial charge < -0.3 is 10.6 Å². The number of hydrogen-bond acceptors (Lipinski definition) is 6. The number of carbonyl (C=O) groups is 3. The van der Waals surface area contributed by atoms with Gasteiger partial charge in [0, 0.05) is 28.3 Å². The van der Waals surface area contributed by atoms with E-state index in [1.165, 1.54) is 30.5 Å². The fraction of sp³-hybridized carbons (Fsp3) is 0.227. The zero-order chi connectivity index (χ0) is 27.8. The summed E-state index contributed by atoms with van der Waals surface area (Å²) in [5.41, 5.74) is -2.22. The number of hydroxylamine groups is 2. The molecule has 1 aliphatic heterocycles. The van der Waals surface area contributed by atoms with Gasteiger partial charge in [-0.2, -0.15) is 18.3 Å². The number of alkyl halides is 3. The summed E-state index contributed by atoms with van der Waals surface area (Å²) < 4.78 is 41.2. The van der Waals surface area contributed by atoms with Gasteiger partial charge in [0.2, 0.25) is 0 Å². The molecule has 1 unspecified atom stereocenters. The molecule has 10 nitrogen and oxygen atoms in total. The minimum absolute atomic E-state index is 0.0595. The van der Waals surface area contributed by atoms with Gasteiger partial charge in [0.1, 0.15) is 18.3 Å². The molecule has 2 aromatic heterocycles. The topological polar surface area (TPSA) is 118 Å². The van der Waals surface area contributed by atoms with E-state index in [9.17, 15) is 27.6 Å². The SMILES string of the molecule is CCN1OCC(NC(=O)c2cc(Cl)cc(Br)c2NC(=O)c2cc(C(F)(F)F)nn2-c2ncccc2Cl)C1=O. The van der Waals surface area contributed by atoms with E-state index >= 15 is 0 Å². The first-order valence-electron chi connectivity index (χ1n) is 10.7. The van der Waals surface area contributed by atoms with Gasteiger partial charge in [0.15, 0.2) is 11.5 Å². The molecule has 1 fully saturated rings. The Morgan fingerprint density at radius 1 is 1.24 bits per heavy atom. The highest BCUT2D eigenvalue weighted by atomic mass is 79.9. The smallest absolute Gasteiger partial charge is 0.338 e. The summed E-state index contributed by atoms with van der Waals surface area (Å²) in [6.07, 6.45) is -3.61. The second kappa shape index (κ2) is 10.9. The Labute approximate surface area is 231 Å². The second-order valence-electron chi connectivity index (χ2n) is 7.75. The average Bonchev–Trinajstić information content (AvgIpc) is 3.45. The molecule has 4 rings (SSSR count). The van der Waals surface area contributed by atoms with E-state index < -0.39 is 41.3 Å². The molecule has 3 heterocycles. The van der Waals surface area contributed by atoms with Gasteiger partial charge in [-0.15, -0.1) is 0 Å².